The van der Waals surface area contributed by atoms with Crippen molar-refractivity contribution in [2.45, 2.75) is 0 Å². The second-order valence-corrected chi connectivity index (χ2v) is 7.18. The van der Waals surface area contributed by atoms with Crippen LogP contribution >= 0.6 is 0 Å². The number of amidine groups is 1. The third-order valence-corrected chi connectivity index (χ3v) is 5.15. The van der Waals surface area contributed by atoms with Crippen LogP contribution in [-0.4, -0.2) is 29.1 Å². The van der Waals surface area contributed by atoms with E-state index in [2.05, 4.69) is 21.6 Å². The smallest absolute Gasteiger partial charge is 0.173 e. The summed E-state index contributed by atoms with van der Waals surface area (Å²) < 4.78 is 5.47. The number of H-pyrrole nitrogens is 1. The Morgan fingerprint density at radius 2 is 1.75 bits per heavy atom. The first-order valence-corrected chi connectivity index (χ1v) is 10.2. The van der Waals surface area contributed by atoms with E-state index in [0.717, 1.165) is 27.4 Å². The van der Waals surface area contributed by atoms with E-state index in [1.807, 2.05) is 85.1 Å². The Labute approximate surface area is 185 Å². The van der Waals surface area contributed by atoms with Crippen molar-refractivity contribution in [1.82, 2.24) is 15.4 Å². The van der Waals surface area contributed by atoms with E-state index in [1.54, 1.807) is 13.3 Å². The van der Waals surface area contributed by atoms with E-state index in [4.69, 9.17) is 14.7 Å². The number of methoxy groups -OCH3 is 1. The highest BCUT2D eigenvalue weighted by molar-refractivity contribution is 6.02. The molecule has 0 aliphatic heterocycles. The van der Waals surface area contributed by atoms with Gasteiger partial charge in [0, 0.05) is 28.0 Å². The van der Waals surface area contributed by atoms with Crippen LogP contribution in [-0.2, 0) is 0 Å². The Bertz CT molecular complexity index is 1450. The predicted octanol–water partition coefficient (Wildman–Crippen LogP) is 5.43. The first-order valence-electron chi connectivity index (χ1n) is 10.2. The van der Waals surface area contributed by atoms with Gasteiger partial charge in [0.15, 0.2) is 5.84 Å². The number of nitrogens with zero attached hydrogens (tertiary/aromatic N) is 3. The molecule has 2 heterocycles. The average Bonchev–Trinajstić information content (AvgIpc) is 3.26. The SMILES string of the molecule is COc1ccccc1N=C(NN=Cc1c[nH]c2ccccc12)c1ccc2ccccc2n1. The lowest BCUT2D eigenvalue weighted by molar-refractivity contribution is 0.416. The van der Waals surface area contributed by atoms with Crippen LogP contribution in [0.2, 0.25) is 0 Å². The number of rotatable bonds is 5. The number of hydrogen-bond acceptors (Lipinski definition) is 4. The number of aliphatic imine (C=N–C) groups is 1. The molecule has 0 atom stereocenters. The Balaban J connectivity index is 1.53. The number of fused-ring (bicyclic) bond motifs is 2. The summed E-state index contributed by atoms with van der Waals surface area (Å²) in [5.41, 5.74) is 7.40. The number of para-hydroxylation sites is 4. The van der Waals surface area contributed by atoms with Gasteiger partial charge in [-0.15, -0.1) is 0 Å². The minimum absolute atomic E-state index is 0.524. The molecule has 0 fully saturated rings. The van der Waals surface area contributed by atoms with Crippen LogP contribution in [0.4, 0.5) is 5.69 Å². The molecule has 0 spiro atoms. The molecule has 5 rings (SSSR count). The number of benzene rings is 3. The van der Waals surface area contributed by atoms with Crippen molar-refractivity contribution in [1.29, 1.82) is 0 Å². The van der Waals surface area contributed by atoms with Crippen molar-refractivity contribution >= 4 is 39.5 Å². The molecule has 0 radical (unpaired) electrons. The third kappa shape index (κ3) is 3.94. The van der Waals surface area contributed by atoms with Gasteiger partial charge in [0.2, 0.25) is 0 Å². The highest BCUT2D eigenvalue weighted by Gasteiger charge is 2.09. The molecule has 0 unspecified atom stereocenters. The van der Waals surface area contributed by atoms with Gasteiger partial charge in [-0.05, 0) is 30.3 Å². The van der Waals surface area contributed by atoms with Crippen molar-refractivity contribution in [2.24, 2.45) is 10.1 Å². The fraction of sp³-hybridized carbons (Fsp3) is 0.0385. The zero-order valence-corrected chi connectivity index (χ0v) is 17.5. The Morgan fingerprint density at radius 3 is 2.69 bits per heavy atom. The van der Waals surface area contributed by atoms with E-state index in [9.17, 15) is 0 Å². The van der Waals surface area contributed by atoms with Crippen LogP contribution in [0.3, 0.4) is 0 Å². The summed E-state index contributed by atoms with van der Waals surface area (Å²) in [6, 6.07) is 27.6. The number of aromatic nitrogens is 2. The zero-order valence-electron chi connectivity index (χ0n) is 17.5. The van der Waals surface area contributed by atoms with Gasteiger partial charge >= 0.3 is 0 Å². The first-order chi connectivity index (χ1) is 15.8. The monoisotopic (exact) mass is 419 g/mol. The predicted molar refractivity (Wildman–Crippen MR) is 130 cm³/mol. The minimum Gasteiger partial charge on any atom is -0.494 e. The van der Waals surface area contributed by atoms with Gasteiger partial charge in [-0.2, -0.15) is 5.10 Å². The average molecular weight is 419 g/mol. The molecule has 2 aromatic heterocycles. The molecular formula is C26H21N5O. The number of aromatic amines is 1. The largest absolute Gasteiger partial charge is 0.494 e. The maximum atomic E-state index is 5.47. The number of nitrogens with one attached hydrogen (secondary N) is 2. The molecule has 5 aromatic rings. The molecule has 156 valence electrons. The Kier molecular flexibility index (Phi) is 5.32. The zero-order chi connectivity index (χ0) is 21.8. The molecule has 32 heavy (non-hydrogen) atoms. The van der Waals surface area contributed by atoms with Crippen molar-refractivity contribution in [3.8, 4) is 5.75 Å². The van der Waals surface area contributed by atoms with Gasteiger partial charge in [-0.1, -0.05) is 54.6 Å². The summed E-state index contributed by atoms with van der Waals surface area (Å²) in [7, 11) is 1.63. The summed E-state index contributed by atoms with van der Waals surface area (Å²) in [6.07, 6.45) is 3.71. The lowest BCUT2D eigenvalue weighted by Crippen LogP contribution is -2.20. The Hall–Kier alpha value is -4.45. The molecule has 0 aliphatic rings. The molecule has 2 N–H and O–H groups in total. The molecule has 6 heteroatoms. The third-order valence-electron chi connectivity index (χ3n) is 5.15. The molecule has 0 saturated carbocycles. The fourth-order valence-electron chi connectivity index (χ4n) is 3.54. The quantitative estimate of drug-likeness (QED) is 0.227. The molecule has 3 aromatic carbocycles. The highest BCUT2D eigenvalue weighted by atomic mass is 16.5. The fourth-order valence-corrected chi connectivity index (χ4v) is 3.54. The highest BCUT2D eigenvalue weighted by Crippen LogP contribution is 2.27. The van der Waals surface area contributed by atoms with Crippen LogP contribution in [0.1, 0.15) is 11.3 Å². The standard InChI is InChI=1S/C26H21N5O/c1-32-25-13-7-6-12-23(25)30-26(24-15-14-18-8-2-4-10-21(18)29-24)31-28-17-19-16-27-22-11-5-3-9-20(19)22/h2-17,27H,1H3,(H,30,31). The summed E-state index contributed by atoms with van der Waals surface area (Å²) in [6.45, 7) is 0. The van der Waals surface area contributed by atoms with E-state index in [0.29, 0.717) is 23.0 Å². The number of ether oxygens (including phenoxy) is 1. The van der Waals surface area contributed by atoms with Crippen molar-refractivity contribution < 1.29 is 4.74 Å². The first kappa shape index (κ1) is 19.5. The van der Waals surface area contributed by atoms with E-state index < -0.39 is 0 Å². The minimum atomic E-state index is 0.524. The molecular weight excluding hydrogens is 398 g/mol. The van der Waals surface area contributed by atoms with Crippen LogP contribution in [0.25, 0.3) is 21.8 Å². The topological polar surface area (TPSA) is 74.7 Å². The van der Waals surface area contributed by atoms with Gasteiger partial charge in [0.1, 0.15) is 17.1 Å². The van der Waals surface area contributed by atoms with Gasteiger partial charge < -0.3 is 9.72 Å². The summed E-state index contributed by atoms with van der Waals surface area (Å²) in [5.74, 6) is 1.20. The van der Waals surface area contributed by atoms with Gasteiger partial charge in [-0.25, -0.2) is 9.98 Å². The van der Waals surface area contributed by atoms with Crippen molar-refractivity contribution in [3.63, 3.8) is 0 Å². The lowest BCUT2D eigenvalue weighted by atomic mass is 10.2. The summed E-state index contributed by atoms with van der Waals surface area (Å²) in [4.78, 5) is 12.8. The molecule has 0 saturated heterocycles. The summed E-state index contributed by atoms with van der Waals surface area (Å²) >= 11 is 0. The molecule has 6 nitrogen and oxygen atoms in total. The maximum Gasteiger partial charge on any atom is 0.173 e. The second-order valence-electron chi connectivity index (χ2n) is 7.18. The second kappa shape index (κ2) is 8.73. The lowest BCUT2D eigenvalue weighted by Gasteiger charge is -2.09. The van der Waals surface area contributed by atoms with Crippen molar-refractivity contribution in [2.75, 3.05) is 7.11 Å². The van der Waals surface area contributed by atoms with E-state index >= 15 is 0 Å². The molecule has 0 aliphatic carbocycles. The number of hydrogen-bond donors (Lipinski definition) is 2. The normalized spacial score (nSPS) is 12.0. The van der Waals surface area contributed by atoms with Crippen LogP contribution in [0, 0.1) is 0 Å². The van der Waals surface area contributed by atoms with E-state index in [1.165, 1.54) is 0 Å². The number of pyridine rings is 1. The molecule has 0 amide bonds. The van der Waals surface area contributed by atoms with Gasteiger partial charge in [-0.3, -0.25) is 5.43 Å². The Morgan fingerprint density at radius 1 is 0.938 bits per heavy atom. The van der Waals surface area contributed by atoms with Crippen LogP contribution in [0.5, 0.6) is 5.75 Å². The summed E-state index contributed by atoms with van der Waals surface area (Å²) in [5, 5.41) is 6.63. The van der Waals surface area contributed by atoms with Gasteiger partial charge in [0.25, 0.3) is 0 Å². The molecule has 0 bridgehead atoms. The van der Waals surface area contributed by atoms with Gasteiger partial charge in [0.05, 0.1) is 18.8 Å². The number of hydrazone groups is 1. The maximum absolute atomic E-state index is 5.47. The van der Waals surface area contributed by atoms with Crippen LogP contribution < -0.4 is 10.2 Å². The van der Waals surface area contributed by atoms with Crippen LogP contribution in [0.15, 0.2) is 101 Å². The van der Waals surface area contributed by atoms with E-state index in [-0.39, 0.29) is 0 Å². The van der Waals surface area contributed by atoms with Crippen molar-refractivity contribution in [3.05, 3.63) is 102 Å².